The second-order valence-electron chi connectivity index (χ2n) is 7.55. The second-order valence-corrected chi connectivity index (χ2v) is 7.55. The first-order valence-electron chi connectivity index (χ1n) is 9.94. The van der Waals surface area contributed by atoms with Crippen molar-refractivity contribution in [2.75, 3.05) is 46.8 Å². The maximum absolute atomic E-state index is 13.4. The van der Waals surface area contributed by atoms with Crippen molar-refractivity contribution in [3.8, 4) is 17.1 Å². The Morgan fingerprint density at radius 2 is 1.70 bits per heavy atom. The van der Waals surface area contributed by atoms with Crippen molar-refractivity contribution in [3.63, 3.8) is 0 Å². The van der Waals surface area contributed by atoms with Gasteiger partial charge in [-0.2, -0.15) is 5.10 Å². The molecule has 0 N–H and O–H groups in total. The number of para-hydroxylation sites is 1. The highest BCUT2D eigenvalue weighted by atomic mass is 16.3. The third-order valence-electron chi connectivity index (χ3n) is 5.07. The van der Waals surface area contributed by atoms with Crippen LogP contribution in [0.25, 0.3) is 17.1 Å². The summed E-state index contributed by atoms with van der Waals surface area (Å²) in [7, 11) is 3.75. The third kappa shape index (κ3) is 4.13. The number of rotatable bonds is 5. The molecule has 8 heteroatoms. The van der Waals surface area contributed by atoms with Gasteiger partial charge < -0.3 is 19.1 Å². The Bertz CT molecular complexity index is 1000. The first-order chi connectivity index (χ1) is 14.5. The lowest BCUT2D eigenvalue weighted by Crippen LogP contribution is -2.52. The van der Waals surface area contributed by atoms with E-state index in [0.717, 1.165) is 5.69 Å². The van der Waals surface area contributed by atoms with Gasteiger partial charge in [-0.3, -0.25) is 9.59 Å². The van der Waals surface area contributed by atoms with Crippen molar-refractivity contribution in [2.24, 2.45) is 0 Å². The number of carbonyl (C=O) groups excluding carboxylic acids is 2. The summed E-state index contributed by atoms with van der Waals surface area (Å²) in [5.41, 5.74) is 1.88. The summed E-state index contributed by atoms with van der Waals surface area (Å²) in [4.78, 5) is 31.1. The average molecular weight is 407 g/mol. The molecular formula is C22H25N5O3. The van der Waals surface area contributed by atoms with E-state index in [1.54, 1.807) is 28.0 Å². The van der Waals surface area contributed by atoms with Crippen LogP contribution in [0.5, 0.6) is 0 Å². The molecule has 30 heavy (non-hydrogen) atoms. The van der Waals surface area contributed by atoms with Gasteiger partial charge in [0.25, 0.3) is 5.91 Å². The third-order valence-corrected chi connectivity index (χ3v) is 5.07. The highest BCUT2D eigenvalue weighted by Crippen LogP contribution is 2.23. The Morgan fingerprint density at radius 1 is 1.00 bits per heavy atom. The lowest BCUT2D eigenvalue weighted by Gasteiger charge is -2.35. The van der Waals surface area contributed by atoms with Gasteiger partial charge in [0.15, 0.2) is 5.76 Å². The van der Waals surface area contributed by atoms with Gasteiger partial charge in [0, 0.05) is 32.2 Å². The van der Waals surface area contributed by atoms with Crippen LogP contribution in [0, 0.1) is 0 Å². The Labute approximate surface area is 175 Å². The lowest BCUT2D eigenvalue weighted by atomic mass is 10.2. The van der Waals surface area contributed by atoms with Crippen molar-refractivity contribution < 1.29 is 14.0 Å². The molecule has 1 aliphatic heterocycles. The minimum absolute atomic E-state index is 0.0848. The van der Waals surface area contributed by atoms with Crippen LogP contribution in [0.3, 0.4) is 0 Å². The number of aromatic nitrogens is 2. The highest BCUT2D eigenvalue weighted by molar-refractivity contribution is 5.94. The number of piperazine rings is 1. The topological polar surface area (TPSA) is 74.8 Å². The zero-order chi connectivity index (χ0) is 21.1. The predicted octanol–water partition coefficient (Wildman–Crippen LogP) is 1.98. The standard InChI is InChI=1S/C22H25N5O3/c1-24(2)16-21(28)25-10-12-26(13-11-25)22(29)19-15-18(20-9-6-14-30-20)23-27(19)17-7-4-3-5-8-17/h3-9,14-15H,10-13,16H2,1-2H3. The molecule has 1 fully saturated rings. The summed E-state index contributed by atoms with van der Waals surface area (Å²) >= 11 is 0. The van der Waals surface area contributed by atoms with Gasteiger partial charge in [-0.15, -0.1) is 0 Å². The van der Waals surface area contributed by atoms with E-state index in [-0.39, 0.29) is 11.8 Å². The van der Waals surface area contributed by atoms with E-state index >= 15 is 0 Å². The molecule has 0 radical (unpaired) electrons. The zero-order valence-electron chi connectivity index (χ0n) is 17.2. The van der Waals surface area contributed by atoms with Crippen LogP contribution in [0.1, 0.15) is 10.5 Å². The Balaban J connectivity index is 1.56. The monoisotopic (exact) mass is 407 g/mol. The molecule has 3 heterocycles. The minimum atomic E-state index is -0.108. The SMILES string of the molecule is CN(C)CC(=O)N1CCN(C(=O)c2cc(-c3ccco3)nn2-c2ccccc2)CC1. The molecule has 1 aliphatic rings. The molecule has 0 aliphatic carbocycles. The molecule has 1 aromatic carbocycles. The van der Waals surface area contributed by atoms with E-state index < -0.39 is 0 Å². The van der Waals surface area contributed by atoms with Crippen molar-refractivity contribution in [1.29, 1.82) is 0 Å². The molecule has 3 aromatic rings. The van der Waals surface area contributed by atoms with Gasteiger partial charge in [-0.25, -0.2) is 4.68 Å². The molecule has 1 saturated heterocycles. The minimum Gasteiger partial charge on any atom is -0.463 e. The summed E-state index contributed by atoms with van der Waals surface area (Å²) in [5.74, 6) is 0.586. The molecule has 2 amide bonds. The van der Waals surface area contributed by atoms with Crippen LogP contribution < -0.4 is 0 Å². The van der Waals surface area contributed by atoms with E-state index in [0.29, 0.717) is 49.9 Å². The Kier molecular flexibility index (Phi) is 5.67. The smallest absolute Gasteiger partial charge is 0.272 e. The molecule has 156 valence electrons. The first-order valence-corrected chi connectivity index (χ1v) is 9.94. The van der Waals surface area contributed by atoms with E-state index in [1.807, 2.05) is 60.3 Å². The number of likely N-dealkylation sites (N-methyl/N-ethyl adjacent to an activating group) is 1. The molecule has 0 saturated carbocycles. The van der Waals surface area contributed by atoms with E-state index in [4.69, 9.17) is 4.42 Å². The van der Waals surface area contributed by atoms with Crippen LogP contribution in [0.4, 0.5) is 0 Å². The fourth-order valence-electron chi connectivity index (χ4n) is 3.54. The van der Waals surface area contributed by atoms with Crippen molar-refractivity contribution in [1.82, 2.24) is 24.5 Å². The number of hydrogen-bond acceptors (Lipinski definition) is 5. The molecule has 0 bridgehead atoms. The molecular weight excluding hydrogens is 382 g/mol. The van der Waals surface area contributed by atoms with Crippen LogP contribution in [-0.2, 0) is 4.79 Å². The van der Waals surface area contributed by atoms with Gasteiger partial charge in [-0.1, -0.05) is 18.2 Å². The van der Waals surface area contributed by atoms with Gasteiger partial charge >= 0.3 is 0 Å². The van der Waals surface area contributed by atoms with Crippen molar-refractivity contribution in [3.05, 3.63) is 60.5 Å². The average Bonchev–Trinajstić information content (AvgIpc) is 3.43. The molecule has 0 spiro atoms. The number of carbonyl (C=O) groups is 2. The summed E-state index contributed by atoms with van der Waals surface area (Å²) < 4.78 is 7.13. The van der Waals surface area contributed by atoms with Gasteiger partial charge in [0.1, 0.15) is 11.4 Å². The van der Waals surface area contributed by atoms with Crippen LogP contribution in [0.2, 0.25) is 0 Å². The maximum atomic E-state index is 13.4. The fraction of sp³-hybridized carbons (Fsp3) is 0.318. The van der Waals surface area contributed by atoms with Crippen molar-refractivity contribution >= 4 is 11.8 Å². The number of nitrogens with zero attached hydrogens (tertiary/aromatic N) is 5. The first kappa shape index (κ1) is 19.9. The molecule has 2 aromatic heterocycles. The van der Waals surface area contributed by atoms with Gasteiger partial charge in [-0.05, 0) is 38.4 Å². The van der Waals surface area contributed by atoms with E-state index in [2.05, 4.69) is 5.10 Å². The second kappa shape index (κ2) is 8.54. The Morgan fingerprint density at radius 3 is 2.33 bits per heavy atom. The zero-order valence-corrected chi connectivity index (χ0v) is 17.2. The van der Waals surface area contributed by atoms with Crippen LogP contribution in [0.15, 0.2) is 59.2 Å². The maximum Gasteiger partial charge on any atom is 0.272 e. The number of furan rings is 1. The number of amides is 2. The van der Waals surface area contributed by atoms with Crippen molar-refractivity contribution in [2.45, 2.75) is 0 Å². The van der Waals surface area contributed by atoms with Crippen LogP contribution >= 0.6 is 0 Å². The molecule has 4 rings (SSSR count). The van der Waals surface area contributed by atoms with Gasteiger partial charge in [0.2, 0.25) is 5.91 Å². The number of hydrogen-bond donors (Lipinski definition) is 0. The highest BCUT2D eigenvalue weighted by Gasteiger charge is 2.28. The quantitative estimate of drug-likeness (QED) is 0.647. The lowest BCUT2D eigenvalue weighted by molar-refractivity contribution is -0.133. The van der Waals surface area contributed by atoms with Crippen LogP contribution in [-0.4, -0.2) is 83.1 Å². The molecule has 0 atom stereocenters. The predicted molar refractivity (Wildman–Crippen MR) is 112 cm³/mol. The summed E-state index contributed by atoms with van der Waals surface area (Å²) in [6.07, 6.45) is 1.59. The largest absolute Gasteiger partial charge is 0.463 e. The molecule has 0 unspecified atom stereocenters. The Hall–Kier alpha value is -3.39. The summed E-state index contributed by atoms with van der Waals surface area (Å²) in [6, 6.07) is 14.9. The summed E-state index contributed by atoms with van der Waals surface area (Å²) in [5, 5.41) is 4.62. The van der Waals surface area contributed by atoms with E-state index in [1.165, 1.54) is 0 Å². The van der Waals surface area contributed by atoms with E-state index in [9.17, 15) is 9.59 Å². The fourth-order valence-corrected chi connectivity index (χ4v) is 3.54. The normalized spacial score (nSPS) is 14.4. The summed E-state index contributed by atoms with van der Waals surface area (Å²) in [6.45, 7) is 2.43. The van der Waals surface area contributed by atoms with Gasteiger partial charge in [0.05, 0.1) is 18.5 Å². The number of benzene rings is 1. The molecule has 8 nitrogen and oxygen atoms in total.